The largest absolute Gasteiger partial charge is 0.250 e. The van der Waals surface area contributed by atoms with E-state index >= 15 is 0 Å². The third-order valence-electron chi connectivity index (χ3n) is 16.6. The second-order valence-corrected chi connectivity index (χ2v) is 25.7. The molecule has 12 aromatic rings. The van der Waals surface area contributed by atoms with Gasteiger partial charge in [0.05, 0.1) is 0 Å². The van der Waals surface area contributed by atoms with Crippen molar-refractivity contribution in [2.75, 3.05) is 0 Å². The lowest BCUT2D eigenvalue weighted by atomic mass is 9.83. The topological polar surface area (TPSA) is 0 Å². The zero-order chi connectivity index (χ0) is 54.9. The van der Waals surface area contributed by atoms with Gasteiger partial charge in [-0.25, -0.2) is 0 Å². The molecule has 0 aromatic heterocycles. The van der Waals surface area contributed by atoms with Crippen LogP contribution in [0.2, 0.25) is 0 Å². The van der Waals surface area contributed by atoms with Crippen molar-refractivity contribution in [3.8, 4) is 100 Å². The van der Waals surface area contributed by atoms with Gasteiger partial charge in [-0.2, -0.15) is 0 Å². The van der Waals surface area contributed by atoms with E-state index < -0.39 is 7.38 Å². The van der Waals surface area contributed by atoms with E-state index in [1.807, 2.05) is 0 Å². The summed E-state index contributed by atoms with van der Waals surface area (Å²) in [4.78, 5) is 0. The SMILES string of the molecule is Cc1c(-c2ccccc2)c(C)c([Si](Cl)(c2c(C)c(-c3ccccc3)c(C)c(-c3ccccc3)c2-c2ccccc2)c2c(C)c(-c3ccccc3)c(C)c(-c3ccccc3)c2-c2ccccc2)c(-c2ccccc2)c1-c1ccccc1. The summed E-state index contributed by atoms with van der Waals surface area (Å²) in [6.45, 7) is 14.2. The number of hydrogen-bond donors (Lipinski definition) is 0. The van der Waals surface area contributed by atoms with Crippen molar-refractivity contribution in [2.24, 2.45) is 0 Å². The second kappa shape index (κ2) is 22.1. The fraction of sp³-hybridized carbons (Fsp3) is 0.0769. The average Bonchev–Trinajstić information content (AvgIpc) is 3.63. The molecular weight excluding hydrogens is 1000 g/mol. The van der Waals surface area contributed by atoms with Gasteiger partial charge in [0.1, 0.15) is 0 Å². The third kappa shape index (κ3) is 8.98. The first kappa shape index (κ1) is 51.9. The fourth-order valence-corrected chi connectivity index (χ4v) is 20.1. The fourth-order valence-electron chi connectivity index (χ4n) is 13.5. The molecule has 12 rings (SSSR count). The molecule has 2 heteroatoms. The molecule has 386 valence electrons. The molecule has 0 aliphatic rings. The lowest BCUT2D eigenvalue weighted by Crippen LogP contribution is -2.67. The highest BCUT2D eigenvalue weighted by Gasteiger charge is 2.50. The van der Waals surface area contributed by atoms with Crippen LogP contribution in [-0.4, -0.2) is 7.38 Å². The lowest BCUT2D eigenvalue weighted by molar-refractivity contribution is 1.37. The summed E-state index contributed by atoms with van der Waals surface area (Å²) < 4.78 is 0. The first-order valence-corrected chi connectivity index (χ1v) is 30.9. The van der Waals surface area contributed by atoms with Crippen molar-refractivity contribution >= 4 is 34.0 Å². The van der Waals surface area contributed by atoms with Gasteiger partial charge >= 0.3 is 0 Å². The molecule has 0 atom stereocenters. The minimum atomic E-state index is -4.28. The first-order chi connectivity index (χ1) is 39.2. The lowest BCUT2D eigenvalue weighted by Gasteiger charge is -2.41. The Balaban J connectivity index is 1.47. The predicted molar refractivity (Wildman–Crippen MR) is 347 cm³/mol. The monoisotopic (exact) mass is 1060 g/mol. The second-order valence-electron chi connectivity index (χ2n) is 21.2. The molecule has 0 saturated carbocycles. The standard InChI is InChI=1S/C78H63ClSi/c1-52-67(58-34-16-7-17-35-58)55(4)76(73(64-46-28-13-29-47-64)70(52)61-40-22-10-23-41-61)80(79,77-56(5)68(59-36-18-8-19-37-59)53(2)71(62-42-24-11-25-43-62)74(77)65-48-30-14-31-49-65)78-57(6)69(60-38-20-9-21-39-60)54(3)72(63-44-26-12-27-45-63)75(78)66-50-32-15-33-51-66/h7-51H,1-6H3. The number of rotatable bonds is 12. The molecule has 0 nitrogen and oxygen atoms in total. The molecule has 0 aliphatic heterocycles. The van der Waals surface area contributed by atoms with Gasteiger partial charge in [-0.15, -0.1) is 11.1 Å². The van der Waals surface area contributed by atoms with Gasteiger partial charge in [0.2, 0.25) is 0 Å². The van der Waals surface area contributed by atoms with E-state index in [1.165, 1.54) is 82.3 Å². The van der Waals surface area contributed by atoms with Crippen LogP contribution in [0.4, 0.5) is 0 Å². The van der Waals surface area contributed by atoms with Crippen LogP contribution in [0.25, 0.3) is 100 Å². The molecule has 0 aliphatic carbocycles. The van der Waals surface area contributed by atoms with Crippen molar-refractivity contribution < 1.29 is 0 Å². The summed E-state index contributed by atoms with van der Waals surface area (Å²) in [6.07, 6.45) is 0. The smallest absolute Gasteiger partial charge is 0.149 e. The van der Waals surface area contributed by atoms with E-state index in [9.17, 15) is 11.1 Å². The molecule has 0 unspecified atom stereocenters. The Kier molecular flexibility index (Phi) is 14.3. The normalized spacial score (nSPS) is 11.4. The van der Waals surface area contributed by atoms with E-state index in [-0.39, 0.29) is 0 Å². The maximum atomic E-state index is 10.3. The number of benzene rings is 12. The molecule has 80 heavy (non-hydrogen) atoms. The van der Waals surface area contributed by atoms with Crippen LogP contribution < -0.4 is 15.6 Å². The summed E-state index contributed by atoms with van der Waals surface area (Å²) in [7, 11) is -4.28. The minimum Gasteiger partial charge on any atom is -0.149 e. The van der Waals surface area contributed by atoms with Crippen LogP contribution in [0, 0.1) is 41.5 Å². The highest BCUT2D eigenvalue weighted by atomic mass is 35.6. The van der Waals surface area contributed by atoms with Gasteiger partial charge in [0.15, 0.2) is 0 Å². The number of hydrogen-bond acceptors (Lipinski definition) is 0. The van der Waals surface area contributed by atoms with Crippen LogP contribution >= 0.6 is 11.1 Å². The van der Waals surface area contributed by atoms with Crippen molar-refractivity contribution in [1.29, 1.82) is 0 Å². The van der Waals surface area contributed by atoms with E-state index in [2.05, 4.69) is 315 Å². The molecule has 0 spiro atoms. The third-order valence-corrected chi connectivity index (χ3v) is 22.2. The molecule has 0 N–H and O–H groups in total. The molecule has 0 amide bonds. The molecular formula is C78H63ClSi. The van der Waals surface area contributed by atoms with E-state index in [0.717, 1.165) is 66.8 Å². The quantitative estimate of drug-likeness (QED) is 0.0650. The summed E-state index contributed by atoms with van der Waals surface area (Å²) in [5.74, 6) is 0. The molecule has 0 radical (unpaired) electrons. The molecule has 12 aromatic carbocycles. The van der Waals surface area contributed by atoms with E-state index in [0.29, 0.717) is 0 Å². The Bertz CT molecular complexity index is 3730. The summed E-state index contributed by atoms with van der Waals surface area (Å²) in [5.41, 5.74) is 28.1. The van der Waals surface area contributed by atoms with Crippen LogP contribution in [0.5, 0.6) is 0 Å². The van der Waals surface area contributed by atoms with Crippen LogP contribution in [0.1, 0.15) is 33.4 Å². The Morgan fingerprint density at radius 2 is 0.312 bits per heavy atom. The maximum Gasteiger partial charge on any atom is 0.250 e. The maximum absolute atomic E-state index is 10.3. The molecule has 0 saturated heterocycles. The van der Waals surface area contributed by atoms with Crippen molar-refractivity contribution in [3.63, 3.8) is 0 Å². The summed E-state index contributed by atoms with van der Waals surface area (Å²) >= 11 is 10.3. The molecule has 0 fully saturated rings. The summed E-state index contributed by atoms with van der Waals surface area (Å²) in [6, 6.07) is 99.9. The Morgan fingerprint density at radius 1 is 0.175 bits per heavy atom. The van der Waals surface area contributed by atoms with Gasteiger partial charge in [-0.05, 0) is 191 Å². The van der Waals surface area contributed by atoms with Gasteiger partial charge in [-0.1, -0.05) is 273 Å². The van der Waals surface area contributed by atoms with Gasteiger partial charge in [0, 0.05) is 0 Å². The van der Waals surface area contributed by atoms with Crippen LogP contribution in [0.15, 0.2) is 273 Å². The van der Waals surface area contributed by atoms with E-state index in [1.54, 1.807) is 0 Å². The predicted octanol–water partition coefficient (Wildman–Crippen LogP) is 19.7. The zero-order valence-corrected chi connectivity index (χ0v) is 48.1. The summed E-state index contributed by atoms with van der Waals surface area (Å²) in [5, 5.41) is 3.54. The minimum absolute atomic E-state index is 1.12. The average molecular weight is 1060 g/mol. The van der Waals surface area contributed by atoms with Crippen LogP contribution in [0.3, 0.4) is 0 Å². The number of halogens is 1. The first-order valence-electron chi connectivity index (χ1n) is 27.9. The van der Waals surface area contributed by atoms with Gasteiger partial charge < -0.3 is 0 Å². The van der Waals surface area contributed by atoms with Crippen molar-refractivity contribution in [2.45, 2.75) is 41.5 Å². The molecule has 0 heterocycles. The Morgan fingerprint density at radius 3 is 0.475 bits per heavy atom. The Hall–Kier alpha value is -8.85. The van der Waals surface area contributed by atoms with Crippen LogP contribution in [-0.2, 0) is 0 Å². The van der Waals surface area contributed by atoms with E-state index in [4.69, 9.17) is 0 Å². The highest BCUT2D eigenvalue weighted by Crippen LogP contribution is 2.49. The van der Waals surface area contributed by atoms with Crippen molar-refractivity contribution in [1.82, 2.24) is 0 Å². The van der Waals surface area contributed by atoms with Gasteiger partial charge in [-0.3, -0.25) is 0 Å². The highest BCUT2D eigenvalue weighted by molar-refractivity contribution is 7.42. The van der Waals surface area contributed by atoms with Gasteiger partial charge in [0.25, 0.3) is 7.38 Å². The Labute approximate surface area is 479 Å². The molecule has 0 bridgehead atoms. The van der Waals surface area contributed by atoms with Crippen molar-refractivity contribution in [3.05, 3.63) is 306 Å². The zero-order valence-electron chi connectivity index (χ0n) is 46.4.